The number of hydrogen-bond acceptors (Lipinski definition) is 3. The van der Waals surface area contributed by atoms with E-state index in [0.29, 0.717) is 18.4 Å². The van der Waals surface area contributed by atoms with Crippen LogP contribution in [0.15, 0.2) is 23.8 Å². The molecular formula is C22H29FO3. The SMILES string of the molecule is CC(=O)[C@H]1C(C)C[C@H]2[C@@H]3CC(F)C4=CC(=O)C=C[C@]4(C)[C@H]3C(O)C[C@]12C. The molecule has 0 bridgehead atoms. The van der Waals surface area contributed by atoms with Gasteiger partial charge in [0.25, 0.3) is 0 Å². The van der Waals surface area contributed by atoms with Crippen LogP contribution in [0.4, 0.5) is 4.39 Å². The summed E-state index contributed by atoms with van der Waals surface area (Å²) < 4.78 is 15.2. The molecule has 4 rings (SSSR count). The van der Waals surface area contributed by atoms with E-state index in [1.807, 2.05) is 13.0 Å². The number of carbonyl (C=O) groups excluding carboxylic acids is 2. The summed E-state index contributed by atoms with van der Waals surface area (Å²) in [6.45, 7) is 7.88. The summed E-state index contributed by atoms with van der Waals surface area (Å²) in [4.78, 5) is 24.2. The highest BCUT2D eigenvalue weighted by atomic mass is 19.1. The maximum Gasteiger partial charge on any atom is 0.178 e. The van der Waals surface area contributed by atoms with E-state index in [1.165, 1.54) is 12.2 Å². The van der Waals surface area contributed by atoms with Crippen LogP contribution in [0, 0.1) is 40.4 Å². The Morgan fingerprint density at radius 2 is 2.00 bits per heavy atom. The quantitative estimate of drug-likeness (QED) is 0.776. The maximum absolute atomic E-state index is 15.2. The summed E-state index contributed by atoms with van der Waals surface area (Å²) >= 11 is 0. The first-order valence-electron chi connectivity index (χ1n) is 9.87. The van der Waals surface area contributed by atoms with Crippen molar-refractivity contribution >= 4 is 11.6 Å². The molecule has 0 radical (unpaired) electrons. The van der Waals surface area contributed by atoms with Gasteiger partial charge < -0.3 is 5.11 Å². The first kappa shape index (κ1) is 18.1. The summed E-state index contributed by atoms with van der Waals surface area (Å²) in [5, 5.41) is 11.2. The van der Waals surface area contributed by atoms with Gasteiger partial charge >= 0.3 is 0 Å². The maximum atomic E-state index is 15.2. The van der Waals surface area contributed by atoms with Crippen molar-refractivity contribution in [2.75, 3.05) is 0 Å². The molecule has 0 spiro atoms. The van der Waals surface area contributed by atoms with Gasteiger partial charge in [0.1, 0.15) is 12.0 Å². The fraction of sp³-hybridized carbons (Fsp3) is 0.727. The minimum Gasteiger partial charge on any atom is -0.393 e. The van der Waals surface area contributed by atoms with E-state index in [9.17, 15) is 14.7 Å². The van der Waals surface area contributed by atoms with E-state index >= 15 is 4.39 Å². The number of aliphatic hydroxyl groups is 1. The van der Waals surface area contributed by atoms with Crippen LogP contribution in [0.25, 0.3) is 0 Å². The van der Waals surface area contributed by atoms with E-state index in [4.69, 9.17) is 0 Å². The van der Waals surface area contributed by atoms with Crippen molar-refractivity contribution in [1.29, 1.82) is 0 Å². The molecule has 0 amide bonds. The number of aliphatic hydroxyl groups excluding tert-OH is 1. The first-order chi connectivity index (χ1) is 12.1. The van der Waals surface area contributed by atoms with Crippen LogP contribution >= 0.6 is 0 Å². The molecule has 0 aliphatic heterocycles. The summed E-state index contributed by atoms with van der Waals surface area (Å²) in [5.41, 5.74) is -0.352. The van der Waals surface area contributed by atoms with Gasteiger partial charge in [-0.3, -0.25) is 9.59 Å². The number of carbonyl (C=O) groups is 2. The van der Waals surface area contributed by atoms with Crippen molar-refractivity contribution < 1.29 is 19.1 Å². The van der Waals surface area contributed by atoms with Crippen LogP contribution in [0.3, 0.4) is 0 Å². The number of allylic oxidation sites excluding steroid dienone is 4. The third-order valence-electron chi connectivity index (χ3n) is 8.25. The average Bonchev–Trinajstić information content (AvgIpc) is 2.79. The highest BCUT2D eigenvalue weighted by molar-refractivity contribution is 6.01. The standard InChI is InChI=1S/C22H29FO3/c1-11-7-15-14-9-17(23)16-8-13(25)5-6-21(16,3)20(14)18(26)10-22(15,4)19(11)12(2)24/h5-6,8,11,14-15,17-20,26H,7,9-10H2,1-4H3/t11?,14-,15-,17?,18?,19+,20+,21-,22-/m0/s1. The van der Waals surface area contributed by atoms with Gasteiger partial charge in [-0.05, 0) is 67.1 Å². The summed E-state index contributed by atoms with van der Waals surface area (Å²) in [7, 11) is 0. The number of hydrogen-bond donors (Lipinski definition) is 1. The van der Waals surface area contributed by atoms with E-state index in [0.717, 1.165) is 6.42 Å². The minimum absolute atomic E-state index is 0.0329. The molecule has 1 N–H and O–H groups in total. The Morgan fingerprint density at radius 3 is 2.65 bits per heavy atom. The fourth-order valence-electron chi connectivity index (χ4n) is 7.57. The monoisotopic (exact) mass is 360 g/mol. The van der Waals surface area contributed by atoms with Crippen molar-refractivity contribution in [3.63, 3.8) is 0 Å². The summed E-state index contributed by atoms with van der Waals surface area (Å²) in [5.74, 6) is 0.402. The van der Waals surface area contributed by atoms with Gasteiger partial charge in [-0.25, -0.2) is 4.39 Å². The molecule has 26 heavy (non-hydrogen) atoms. The van der Waals surface area contributed by atoms with Crippen molar-refractivity contribution in [2.24, 2.45) is 40.4 Å². The second-order valence-corrected chi connectivity index (χ2v) is 9.70. The van der Waals surface area contributed by atoms with Crippen LogP contribution in [0.5, 0.6) is 0 Å². The third kappa shape index (κ3) is 2.20. The van der Waals surface area contributed by atoms with Crippen molar-refractivity contribution in [3.05, 3.63) is 23.8 Å². The lowest BCUT2D eigenvalue weighted by atomic mass is 9.46. The number of halogens is 1. The number of rotatable bonds is 1. The molecule has 0 aromatic rings. The fourth-order valence-corrected chi connectivity index (χ4v) is 7.57. The van der Waals surface area contributed by atoms with E-state index < -0.39 is 17.7 Å². The second-order valence-electron chi connectivity index (χ2n) is 9.70. The van der Waals surface area contributed by atoms with Crippen LogP contribution in [-0.4, -0.2) is 28.9 Å². The predicted octanol–water partition coefficient (Wildman–Crippen LogP) is 3.66. The predicted molar refractivity (Wildman–Crippen MR) is 97.0 cm³/mol. The molecule has 3 saturated carbocycles. The van der Waals surface area contributed by atoms with Gasteiger partial charge in [0.15, 0.2) is 5.78 Å². The topological polar surface area (TPSA) is 54.4 Å². The summed E-state index contributed by atoms with van der Waals surface area (Å²) in [6.07, 6.45) is 4.88. The second kappa shape index (κ2) is 5.60. The lowest BCUT2D eigenvalue weighted by molar-refractivity contribution is -0.141. The van der Waals surface area contributed by atoms with Crippen molar-refractivity contribution in [1.82, 2.24) is 0 Å². The number of Topliss-reactive ketones (excluding diaryl/α,β-unsaturated/α-hetero) is 1. The molecule has 3 unspecified atom stereocenters. The normalized spacial score (nSPS) is 52.8. The zero-order valence-electron chi connectivity index (χ0n) is 16.0. The zero-order chi connectivity index (χ0) is 19.0. The molecule has 4 heteroatoms. The Balaban J connectivity index is 1.79. The third-order valence-corrected chi connectivity index (χ3v) is 8.25. The molecule has 0 aromatic heterocycles. The van der Waals surface area contributed by atoms with Crippen LogP contribution < -0.4 is 0 Å². The average molecular weight is 360 g/mol. The first-order valence-corrected chi connectivity index (χ1v) is 9.87. The lowest BCUT2D eigenvalue weighted by Gasteiger charge is -2.59. The molecule has 0 heterocycles. The molecule has 0 aromatic carbocycles. The Bertz CT molecular complexity index is 725. The van der Waals surface area contributed by atoms with Crippen molar-refractivity contribution in [2.45, 2.75) is 59.2 Å². The number of fused-ring (bicyclic) bond motifs is 5. The molecular weight excluding hydrogens is 331 g/mol. The Morgan fingerprint density at radius 1 is 1.31 bits per heavy atom. The van der Waals surface area contributed by atoms with Gasteiger partial charge in [-0.15, -0.1) is 0 Å². The molecule has 3 nitrogen and oxygen atoms in total. The van der Waals surface area contributed by atoms with E-state index in [-0.39, 0.29) is 46.6 Å². The lowest BCUT2D eigenvalue weighted by Crippen LogP contribution is -2.58. The molecule has 0 saturated heterocycles. The highest BCUT2D eigenvalue weighted by Crippen LogP contribution is 2.67. The molecule has 3 fully saturated rings. The van der Waals surface area contributed by atoms with Gasteiger partial charge in [-0.1, -0.05) is 26.8 Å². The molecule has 4 aliphatic rings. The minimum atomic E-state index is -1.16. The van der Waals surface area contributed by atoms with Crippen LogP contribution in [0.2, 0.25) is 0 Å². The smallest absolute Gasteiger partial charge is 0.178 e. The van der Waals surface area contributed by atoms with Gasteiger partial charge in [0.2, 0.25) is 0 Å². The zero-order valence-corrected chi connectivity index (χ0v) is 16.0. The van der Waals surface area contributed by atoms with Gasteiger partial charge in [0.05, 0.1) is 6.10 Å². The Hall–Kier alpha value is -1.29. The molecule has 4 aliphatic carbocycles. The van der Waals surface area contributed by atoms with E-state index in [1.54, 1.807) is 6.92 Å². The Labute approximate surface area is 154 Å². The van der Waals surface area contributed by atoms with E-state index in [2.05, 4.69) is 13.8 Å². The number of ketones is 2. The van der Waals surface area contributed by atoms with Crippen LogP contribution in [-0.2, 0) is 9.59 Å². The largest absolute Gasteiger partial charge is 0.393 e. The summed E-state index contributed by atoms with van der Waals surface area (Å²) in [6, 6.07) is 0. The van der Waals surface area contributed by atoms with Crippen LogP contribution in [0.1, 0.15) is 47.0 Å². The van der Waals surface area contributed by atoms with Gasteiger partial charge in [0, 0.05) is 17.3 Å². The molecule has 9 atom stereocenters. The highest BCUT2D eigenvalue weighted by Gasteiger charge is 2.65. The van der Waals surface area contributed by atoms with Crippen molar-refractivity contribution in [3.8, 4) is 0 Å². The van der Waals surface area contributed by atoms with Gasteiger partial charge in [-0.2, -0.15) is 0 Å². The Kier molecular flexibility index (Phi) is 3.90. The molecule has 142 valence electrons. The number of alkyl halides is 1.